The van der Waals surface area contributed by atoms with Gasteiger partial charge in [0.25, 0.3) is 0 Å². The zero-order valence-electron chi connectivity index (χ0n) is 13.0. The molecule has 1 spiro atoms. The Hall–Kier alpha value is -1.63. The van der Waals surface area contributed by atoms with E-state index in [0.29, 0.717) is 32.5 Å². The van der Waals surface area contributed by atoms with Crippen LogP contribution in [-0.2, 0) is 16.0 Å². The molecule has 2 saturated heterocycles. The quantitative estimate of drug-likeness (QED) is 0.851. The number of piperidine rings is 1. The minimum atomic E-state index is -0.380. The molecule has 2 fully saturated rings. The summed E-state index contributed by atoms with van der Waals surface area (Å²) in [6.45, 7) is 3.93. The number of carbonyl (C=O) groups is 2. The van der Waals surface area contributed by atoms with Gasteiger partial charge in [-0.15, -0.1) is 11.3 Å². The number of carbonyl (C=O) groups excluding carboxylic acids is 2. The van der Waals surface area contributed by atoms with Gasteiger partial charge in [0.2, 0.25) is 5.91 Å². The fraction of sp³-hybridized carbons (Fsp3) is 0.667. The molecule has 2 amide bonds. The van der Waals surface area contributed by atoms with Gasteiger partial charge >= 0.3 is 6.09 Å². The predicted octanol–water partition coefficient (Wildman–Crippen LogP) is 1.83. The molecule has 0 radical (unpaired) electrons. The molecule has 120 valence electrons. The average molecular weight is 323 g/mol. The number of thiazole rings is 1. The number of aromatic nitrogens is 1. The van der Waals surface area contributed by atoms with E-state index in [4.69, 9.17) is 4.74 Å². The van der Waals surface area contributed by atoms with Crippen LogP contribution in [0.4, 0.5) is 4.79 Å². The van der Waals surface area contributed by atoms with Crippen LogP contribution in [-0.4, -0.2) is 59.1 Å². The van der Waals surface area contributed by atoms with Crippen molar-refractivity contribution in [1.82, 2.24) is 14.8 Å². The minimum Gasteiger partial charge on any atom is -0.441 e. The third-order valence-electron chi connectivity index (χ3n) is 4.43. The number of amides is 2. The highest BCUT2D eigenvalue weighted by molar-refractivity contribution is 7.09. The Morgan fingerprint density at radius 2 is 2.18 bits per heavy atom. The number of nitrogens with zero attached hydrogens (tertiary/aromatic N) is 3. The molecule has 0 atom stereocenters. The number of likely N-dealkylation sites (tertiary alicyclic amines) is 1. The maximum absolute atomic E-state index is 12.3. The molecule has 0 aromatic carbocycles. The third-order valence-corrected chi connectivity index (χ3v) is 5.25. The molecule has 1 aromatic rings. The molecule has 0 saturated carbocycles. The van der Waals surface area contributed by atoms with Crippen LogP contribution in [0.3, 0.4) is 0 Å². The molecule has 0 N–H and O–H groups in total. The van der Waals surface area contributed by atoms with Gasteiger partial charge in [-0.1, -0.05) is 0 Å². The molecule has 2 aliphatic rings. The Balaban J connectivity index is 1.49. The van der Waals surface area contributed by atoms with E-state index in [1.54, 1.807) is 23.3 Å². The largest absolute Gasteiger partial charge is 0.441 e. The molecular formula is C15H21N3O3S. The standard InChI is InChI=1S/C15H21N3O3S/c1-11-16-12(9-22-11)3-4-13(19)18-7-5-15(6-8-18)10-17(2)14(20)21-15/h9H,3-8,10H2,1-2H3. The highest BCUT2D eigenvalue weighted by Crippen LogP contribution is 2.32. The van der Waals surface area contributed by atoms with E-state index < -0.39 is 0 Å². The SMILES string of the molecule is Cc1nc(CCC(=O)N2CCC3(CC2)CN(C)C(=O)O3)cs1. The van der Waals surface area contributed by atoms with E-state index in [9.17, 15) is 9.59 Å². The van der Waals surface area contributed by atoms with Crippen molar-refractivity contribution in [2.24, 2.45) is 0 Å². The summed E-state index contributed by atoms with van der Waals surface area (Å²) in [6, 6.07) is 0. The van der Waals surface area contributed by atoms with Gasteiger partial charge < -0.3 is 14.5 Å². The first kappa shape index (κ1) is 15.3. The van der Waals surface area contributed by atoms with Gasteiger partial charge in [-0.25, -0.2) is 9.78 Å². The molecule has 0 aliphatic carbocycles. The number of aryl methyl sites for hydroxylation is 2. The van der Waals surface area contributed by atoms with Crippen LogP contribution >= 0.6 is 11.3 Å². The maximum atomic E-state index is 12.3. The third kappa shape index (κ3) is 3.09. The fourth-order valence-corrected chi connectivity index (χ4v) is 3.78. The normalized spacial score (nSPS) is 20.5. The zero-order chi connectivity index (χ0) is 15.7. The van der Waals surface area contributed by atoms with Gasteiger partial charge in [-0.3, -0.25) is 4.79 Å². The molecule has 2 aliphatic heterocycles. The van der Waals surface area contributed by atoms with Gasteiger partial charge in [0.05, 0.1) is 17.2 Å². The van der Waals surface area contributed by atoms with Crippen LogP contribution in [0.2, 0.25) is 0 Å². The number of rotatable bonds is 3. The summed E-state index contributed by atoms with van der Waals surface area (Å²) in [7, 11) is 1.75. The Morgan fingerprint density at radius 3 is 2.73 bits per heavy atom. The van der Waals surface area contributed by atoms with Crippen LogP contribution in [0, 0.1) is 6.92 Å². The van der Waals surface area contributed by atoms with E-state index in [-0.39, 0.29) is 17.6 Å². The second-order valence-corrected chi connectivity index (χ2v) is 7.21. The van der Waals surface area contributed by atoms with Crippen molar-refractivity contribution in [3.05, 3.63) is 16.1 Å². The van der Waals surface area contributed by atoms with Gasteiger partial charge in [0.15, 0.2) is 0 Å². The van der Waals surface area contributed by atoms with E-state index in [1.165, 1.54) is 0 Å². The summed E-state index contributed by atoms with van der Waals surface area (Å²) in [5.41, 5.74) is 0.616. The molecule has 0 bridgehead atoms. The Labute approximate surface area is 134 Å². The smallest absolute Gasteiger partial charge is 0.410 e. The summed E-state index contributed by atoms with van der Waals surface area (Å²) in [5, 5.41) is 3.05. The summed E-state index contributed by atoms with van der Waals surface area (Å²) in [4.78, 5) is 31.7. The first-order chi connectivity index (χ1) is 10.5. The number of hydrogen-bond acceptors (Lipinski definition) is 5. The fourth-order valence-electron chi connectivity index (χ4n) is 3.13. The van der Waals surface area contributed by atoms with Crippen LogP contribution in [0.25, 0.3) is 0 Å². The van der Waals surface area contributed by atoms with E-state index in [1.807, 2.05) is 17.2 Å². The van der Waals surface area contributed by atoms with Crippen LogP contribution in [0.1, 0.15) is 30.0 Å². The van der Waals surface area contributed by atoms with Crippen molar-refractivity contribution in [3.63, 3.8) is 0 Å². The molecule has 3 heterocycles. The lowest BCUT2D eigenvalue weighted by Gasteiger charge is -2.37. The zero-order valence-corrected chi connectivity index (χ0v) is 13.8. The summed E-state index contributed by atoms with van der Waals surface area (Å²) in [6.07, 6.45) is 2.40. The lowest BCUT2D eigenvalue weighted by atomic mass is 9.91. The van der Waals surface area contributed by atoms with E-state index in [2.05, 4.69) is 4.98 Å². The van der Waals surface area contributed by atoms with Crippen molar-refractivity contribution < 1.29 is 14.3 Å². The summed E-state index contributed by atoms with van der Waals surface area (Å²) in [5.74, 6) is 0.165. The number of ether oxygens (including phenoxy) is 1. The molecular weight excluding hydrogens is 302 g/mol. The first-order valence-corrected chi connectivity index (χ1v) is 8.48. The van der Waals surface area contributed by atoms with Crippen molar-refractivity contribution in [1.29, 1.82) is 0 Å². The molecule has 1 aromatic heterocycles. The van der Waals surface area contributed by atoms with Crippen LogP contribution in [0.5, 0.6) is 0 Å². The number of hydrogen-bond donors (Lipinski definition) is 0. The van der Waals surface area contributed by atoms with Gasteiger partial charge in [0, 0.05) is 44.8 Å². The second kappa shape index (κ2) is 5.87. The lowest BCUT2D eigenvalue weighted by Crippen LogP contribution is -2.48. The Kier molecular flexibility index (Phi) is 4.08. The summed E-state index contributed by atoms with van der Waals surface area (Å²) < 4.78 is 5.50. The van der Waals surface area contributed by atoms with Crippen molar-refractivity contribution in [2.75, 3.05) is 26.7 Å². The van der Waals surface area contributed by atoms with Crippen LogP contribution < -0.4 is 0 Å². The molecule has 0 unspecified atom stereocenters. The highest BCUT2D eigenvalue weighted by atomic mass is 32.1. The van der Waals surface area contributed by atoms with Gasteiger partial charge in [0.1, 0.15) is 5.60 Å². The maximum Gasteiger partial charge on any atom is 0.410 e. The van der Waals surface area contributed by atoms with E-state index >= 15 is 0 Å². The first-order valence-electron chi connectivity index (χ1n) is 7.60. The van der Waals surface area contributed by atoms with Crippen molar-refractivity contribution in [2.45, 2.75) is 38.2 Å². The van der Waals surface area contributed by atoms with Crippen molar-refractivity contribution in [3.8, 4) is 0 Å². The van der Waals surface area contributed by atoms with E-state index in [0.717, 1.165) is 23.5 Å². The molecule has 7 heteroatoms. The molecule has 3 rings (SSSR count). The van der Waals surface area contributed by atoms with Gasteiger partial charge in [-0.2, -0.15) is 0 Å². The topological polar surface area (TPSA) is 62.7 Å². The molecule has 6 nitrogen and oxygen atoms in total. The van der Waals surface area contributed by atoms with Crippen LogP contribution in [0.15, 0.2) is 5.38 Å². The minimum absolute atomic E-state index is 0.165. The Morgan fingerprint density at radius 1 is 1.45 bits per heavy atom. The van der Waals surface area contributed by atoms with Crippen molar-refractivity contribution >= 4 is 23.3 Å². The highest BCUT2D eigenvalue weighted by Gasteiger charge is 2.46. The Bertz CT molecular complexity index is 578. The molecule has 22 heavy (non-hydrogen) atoms. The second-order valence-electron chi connectivity index (χ2n) is 6.15. The summed E-state index contributed by atoms with van der Waals surface area (Å²) >= 11 is 1.62. The monoisotopic (exact) mass is 323 g/mol. The predicted molar refractivity (Wildman–Crippen MR) is 82.8 cm³/mol. The van der Waals surface area contributed by atoms with Gasteiger partial charge in [-0.05, 0) is 13.3 Å². The average Bonchev–Trinajstić information content (AvgIpc) is 3.01. The lowest BCUT2D eigenvalue weighted by molar-refractivity contribution is -0.134. The number of likely N-dealkylation sites (N-methyl/N-ethyl adjacent to an activating group) is 1.